The summed E-state index contributed by atoms with van der Waals surface area (Å²) < 4.78 is 22.7. The first-order valence-electron chi connectivity index (χ1n) is 30.2. The summed E-state index contributed by atoms with van der Waals surface area (Å²) in [6.07, 6.45) is 39.1. The molecule has 12 atom stereocenters. The maximum atomic E-state index is 13.2. The number of ether oxygens (including phenoxy) is 4. The highest BCUT2D eigenvalue weighted by Gasteiger charge is 2.51. The molecule has 2 aliphatic heterocycles. The molecule has 0 saturated carbocycles. The second-order valence-electron chi connectivity index (χ2n) is 21.5. The summed E-state index contributed by atoms with van der Waals surface area (Å²) in [4.78, 5) is 13.2. The molecule has 2 saturated heterocycles. The maximum Gasteiger partial charge on any atom is 0.220 e. The van der Waals surface area contributed by atoms with Crippen LogP contribution < -0.4 is 5.32 Å². The Morgan fingerprint density at radius 2 is 0.865 bits per heavy atom. The second kappa shape index (κ2) is 46.2. The lowest BCUT2D eigenvalue weighted by Gasteiger charge is -2.46. The van der Waals surface area contributed by atoms with Crippen LogP contribution in [0.15, 0.2) is 36.5 Å². The minimum Gasteiger partial charge on any atom is -0.394 e. The molecule has 2 rings (SSSR count). The van der Waals surface area contributed by atoms with Crippen LogP contribution in [0.1, 0.15) is 245 Å². The number of carbonyl (C=O) groups is 1. The van der Waals surface area contributed by atoms with Crippen LogP contribution in [0, 0.1) is 0 Å². The number of hydrogen-bond donors (Lipinski definition) is 9. The fourth-order valence-electron chi connectivity index (χ4n) is 9.89. The van der Waals surface area contributed by atoms with Gasteiger partial charge in [-0.25, -0.2) is 0 Å². The van der Waals surface area contributed by atoms with E-state index in [2.05, 4.69) is 43.5 Å². The number of allylic oxidation sites excluding steroid dienone is 5. The number of nitrogens with one attached hydrogen (secondary N) is 1. The van der Waals surface area contributed by atoms with Crippen LogP contribution in [0.25, 0.3) is 0 Å². The van der Waals surface area contributed by atoms with Crippen LogP contribution in [0.5, 0.6) is 0 Å². The Labute approximate surface area is 449 Å². The van der Waals surface area contributed by atoms with Crippen molar-refractivity contribution in [1.29, 1.82) is 0 Å². The lowest BCUT2D eigenvalue weighted by molar-refractivity contribution is -0.359. The molecule has 0 aromatic carbocycles. The molecule has 74 heavy (non-hydrogen) atoms. The molecular weight excluding hydrogens is 943 g/mol. The Morgan fingerprint density at radius 1 is 0.473 bits per heavy atom. The highest BCUT2D eigenvalue weighted by atomic mass is 16.7. The zero-order valence-corrected chi connectivity index (χ0v) is 46.6. The first-order valence-corrected chi connectivity index (χ1v) is 30.2. The maximum absolute atomic E-state index is 13.2. The van der Waals surface area contributed by atoms with Gasteiger partial charge in [0.1, 0.15) is 48.8 Å². The first kappa shape index (κ1) is 68.3. The third kappa shape index (κ3) is 31.6. The van der Waals surface area contributed by atoms with Crippen LogP contribution in [0.4, 0.5) is 0 Å². The van der Waals surface area contributed by atoms with E-state index in [4.69, 9.17) is 18.9 Å². The summed E-state index contributed by atoms with van der Waals surface area (Å²) >= 11 is 0. The smallest absolute Gasteiger partial charge is 0.220 e. The van der Waals surface area contributed by atoms with Crippen molar-refractivity contribution in [2.45, 2.75) is 319 Å². The van der Waals surface area contributed by atoms with Gasteiger partial charge in [0.15, 0.2) is 12.6 Å². The van der Waals surface area contributed by atoms with Crippen molar-refractivity contribution in [2.24, 2.45) is 0 Å². The lowest BCUT2D eigenvalue weighted by Crippen LogP contribution is -2.65. The molecule has 434 valence electrons. The number of unbranched alkanes of at least 4 members (excludes halogenated alkanes) is 31. The van der Waals surface area contributed by atoms with E-state index in [9.17, 15) is 45.6 Å². The van der Waals surface area contributed by atoms with Gasteiger partial charge in [-0.3, -0.25) is 4.79 Å². The zero-order valence-electron chi connectivity index (χ0n) is 46.6. The van der Waals surface area contributed by atoms with Gasteiger partial charge in [0.2, 0.25) is 5.91 Å². The number of carbonyl (C=O) groups excluding carboxylic acids is 1. The molecule has 0 aliphatic carbocycles. The highest BCUT2D eigenvalue weighted by Crippen LogP contribution is 2.30. The molecule has 14 nitrogen and oxygen atoms in total. The van der Waals surface area contributed by atoms with Crippen LogP contribution in [-0.2, 0) is 23.7 Å². The summed E-state index contributed by atoms with van der Waals surface area (Å²) in [5, 5.41) is 87.0. The quantitative estimate of drug-likeness (QED) is 0.0204. The van der Waals surface area contributed by atoms with E-state index < -0.39 is 86.8 Å². The van der Waals surface area contributed by atoms with Crippen LogP contribution in [-0.4, -0.2) is 140 Å². The third-order valence-electron chi connectivity index (χ3n) is 14.8. The molecule has 0 aromatic rings. The Hall–Kier alpha value is -1.79. The predicted octanol–water partition coefficient (Wildman–Crippen LogP) is 10.2. The summed E-state index contributed by atoms with van der Waals surface area (Å²) in [5.41, 5.74) is 0. The number of amides is 1. The van der Waals surface area contributed by atoms with E-state index in [1.807, 2.05) is 6.08 Å². The van der Waals surface area contributed by atoms with Crippen molar-refractivity contribution < 1.29 is 64.6 Å². The molecule has 2 heterocycles. The SMILES string of the molecule is CCCCCCC/C=C\CCCCCCCC(=O)NC(COC1OC(CO)C(OC2OC(CO)C(O)C(O)C2O)C(O)C1O)C(O)/C=C/CC/C=C/CCCCCCCCCCCCCCCCCCCCCC. The van der Waals surface area contributed by atoms with Gasteiger partial charge in [-0.05, 0) is 57.8 Å². The number of rotatable bonds is 48. The van der Waals surface area contributed by atoms with E-state index in [-0.39, 0.29) is 18.9 Å². The second-order valence-corrected chi connectivity index (χ2v) is 21.5. The van der Waals surface area contributed by atoms with E-state index >= 15 is 0 Å². The van der Waals surface area contributed by atoms with Crippen molar-refractivity contribution in [1.82, 2.24) is 5.32 Å². The van der Waals surface area contributed by atoms with Crippen LogP contribution in [0.2, 0.25) is 0 Å². The molecule has 2 aliphatic rings. The fourth-order valence-corrected chi connectivity index (χ4v) is 9.89. The summed E-state index contributed by atoms with van der Waals surface area (Å²) in [6.45, 7) is 2.78. The molecule has 1 amide bonds. The minimum atomic E-state index is -1.79. The first-order chi connectivity index (χ1) is 36.1. The van der Waals surface area contributed by atoms with Gasteiger partial charge in [-0.15, -0.1) is 0 Å². The van der Waals surface area contributed by atoms with Crippen molar-refractivity contribution in [3.05, 3.63) is 36.5 Å². The summed E-state index contributed by atoms with van der Waals surface area (Å²) in [7, 11) is 0. The van der Waals surface area contributed by atoms with E-state index in [0.29, 0.717) is 12.8 Å². The molecule has 0 radical (unpaired) electrons. The molecule has 14 heteroatoms. The van der Waals surface area contributed by atoms with E-state index in [1.165, 1.54) is 161 Å². The Balaban J connectivity index is 1.75. The van der Waals surface area contributed by atoms with Crippen molar-refractivity contribution in [3.63, 3.8) is 0 Å². The summed E-state index contributed by atoms with van der Waals surface area (Å²) in [5.74, 6) is -0.257. The van der Waals surface area contributed by atoms with E-state index in [1.54, 1.807) is 6.08 Å². The highest BCUT2D eigenvalue weighted by molar-refractivity contribution is 5.76. The number of aliphatic hydroxyl groups excluding tert-OH is 8. The largest absolute Gasteiger partial charge is 0.394 e. The molecular formula is C60H111NO13. The Bertz CT molecular complexity index is 1380. The Kier molecular flexibility index (Phi) is 42.6. The topological polar surface area (TPSA) is 228 Å². The third-order valence-corrected chi connectivity index (χ3v) is 14.8. The van der Waals surface area contributed by atoms with Gasteiger partial charge >= 0.3 is 0 Å². The van der Waals surface area contributed by atoms with Crippen molar-refractivity contribution in [3.8, 4) is 0 Å². The number of hydrogen-bond acceptors (Lipinski definition) is 13. The predicted molar refractivity (Wildman–Crippen MR) is 295 cm³/mol. The average molecular weight is 1050 g/mol. The fraction of sp³-hybridized carbons (Fsp3) is 0.883. The molecule has 12 unspecified atom stereocenters. The lowest BCUT2D eigenvalue weighted by atomic mass is 9.97. The Morgan fingerprint density at radius 3 is 1.32 bits per heavy atom. The van der Waals surface area contributed by atoms with Gasteiger partial charge in [-0.1, -0.05) is 217 Å². The van der Waals surface area contributed by atoms with Gasteiger partial charge in [-0.2, -0.15) is 0 Å². The van der Waals surface area contributed by atoms with Crippen LogP contribution >= 0.6 is 0 Å². The normalized spacial score (nSPS) is 25.4. The van der Waals surface area contributed by atoms with Gasteiger partial charge in [0.25, 0.3) is 0 Å². The van der Waals surface area contributed by atoms with Gasteiger partial charge in [0, 0.05) is 6.42 Å². The molecule has 0 bridgehead atoms. The molecule has 2 fully saturated rings. The molecule has 0 spiro atoms. The van der Waals surface area contributed by atoms with Crippen molar-refractivity contribution in [2.75, 3.05) is 19.8 Å². The van der Waals surface area contributed by atoms with Crippen LogP contribution in [0.3, 0.4) is 0 Å². The molecule has 0 aromatic heterocycles. The van der Waals surface area contributed by atoms with Gasteiger partial charge in [0.05, 0.1) is 32.0 Å². The number of aliphatic hydroxyl groups is 8. The standard InChI is InChI=1S/C60H111NO13/c1-3-5-7-9-11-13-15-17-19-20-21-22-23-24-25-26-27-28-29-30-31-33-35-37-39-41-43-49(64)48(61-52(65)44-42-40-38-36-34-32-18-16-14-12-10-8-6-4-2)47-71-59-57(70)55(68)58(51(46-63)73-59)74-60-56(69)54(67)53(66)50(45-62)72-60/h16,18,33,35,41,43,48-51,53-60,62-64,66-70H,3-15,17,19-32,34,36-40,42,44-47H2,1-2H3,(H,61,65)/b18-16-,35-33+,43-41+. The summed E-state index contributed by atoms with van der Waals surface area (Å²) in [6, 6.07) is -0.935. The molecule has 9 N–H and O–H groups in total. The average Bonchev–Trinajstić information content (AvgIpc) is 3.40. The monoisotopic (exact) mass is 1050 g/mol. The zero-order chi connectivity index (χ0) is 53.9. The van der Waals surface area contributed by atoms with E-state index in [0.717, 1.165) is 51.4 Å². The minimum absolute atomic E-state index is 0.257. The van der Waals surface area contributed by atoms with Gasteiger partial charge < -0.3 is 65.1 Å². The van der Waals surface area contributed by atoms with Crippen molar-refractivity contribution >= 4 is 5.91 Å².